The number of carbonyl (C=O) groups is 1. The summed E-state index contributed by atoms with van der Waals surface area (Å²) >= 11 is 0. The smallest absolute Gasteiger partial charge is 0.371 e. The molecule has 0 aliphatic heterocycles. The highest BCUT2D eigenvalue weighted by atomic mass is 16.5. The summed E-state index contributed by atoms with van der Waals surface area (Å²) in [5.41, 5.74) is 0.762. The third kappa shape index (κ3) is 2.53. The first kappa shape index (κ1) is 12.2. The van der Waals surface area contributed by atoms with Gasteiger partial charge in [-0.25, -0.2) is 4.79 Å². The van der Waals surface area contributed by atoms with E-state index in [-0.39, 0.29) is 5.76 Å². The molecule has 0 unspecified atom stereocenters. The van der Waals surface area contributed by atoms with Crippen molar-refractivity contribution in [2.24, 2.45) is 0 Å². The first-order valence-electron chi connectivity index (χ1n) is 5.77. The van der Waals surface area contributed by atoms with E-state index in [1.54, 1.807) is 6.07 Å². The van der Waals surface area contributed by atoms with E-state index in [9.17, 15) is 4.79 Å². The molecule has 4 nitrogen and oxygen atoms in total. The quantitative estimate of drug-likeness (QED) is 0.877. The zero-order valence-electron chi connectivity index (χ0n) is 10.1. The predicted molar refractivity (Wildman–Crippen MR) is 66.9 cm³/mol. The SMILES string of the molecule is CCCOc1ccccc1-c1ccc(C(=O)O)o1. The predicted octanol–water partition coefficient (Wildman–Crippen LogP) is 3.43. The monoisotopic (exact) mass is 246 g/mol. The third-order valence-corrected chi connectivity index (χ3v) is 2.43. The minimum atomic E-state index is -1.08. The van der Waals surface area contributed by atoms with Gasteiger partial charge in [0.05, 0.1) is 12.2 Å². The fourth-order valence-corrected chi connectivity index (χ4v) is 1.61. The Balaban J connectivity index is 2.33. The van der Waals surface area contributed by atoms with Gasteiger partial charge in [0.1, 0.15) is 11.5 Å². The topological polar surface area (TPSA) is 59.7 Å². The summed E-state index contributed by atoms with van der Waals surface area (Å²) in [6.07, 6.45) is 0.910. The van der Waals surface area contributed by atoms with Crippen molar-refractivity contribution >= 4 is 5.97 Å². The molecule has 1 heterocycles. The fraction of sp³-hybridized carbons (Fsp3) is 0.214. The molecule has 0 bridgehead atoms. The Bertz CT molecular complexity index is 542. The maximum Gasteiger partial charge on any atom is 0.371 e. The molecule has 18 heavy (non-hydrogen) atoms. The number of rotatable bonds is 5. The lowest BCUT2D eigenvalue weighted by atomic mass is 10.1. The summed E-state index contributed by atoms with van der Waals surface area (Å²) in [7, 11) is 0. The lowest BCUT2D eigenvalue weighted by molar-refractivity contribution is 0.0663. The van der Waals surface area contributed by atoms with Crippen LogP contribution in [0.3, 0.4) is 0 Å². The van der Waals surface area contributed by atoms with Crippen molar-refractivity contribution in [3.63, 3.8) is 0 Å². The molecule has 0 radical (unpaired) electrons. The van der Waals surface area contributed by atoms with E-state index >= 15 is 0 Å². The number of benzene rings is 1. The van der Waals surface area contributed by atoms with Crippen molar-refractivity contribution < 1.29 is 19.1 Å². The van der Waals surface area contributed by atoms with Crippen LogP contribution in [0, 0.1) is 0 Å². The zero-order valence-corrected chi connectivity index (χ0v) is 10.1. The van der Waals surface area contributed by atoms with E-state index in [1.165, 1.54) is 6.07 Å². The van der Waals surface area contributed by atoms with E-state index in [0.29, 0.717) is 18.1 Å². The van der Waals surface area contributed by atoms with Crippen LogP contribution in [0.15, 0.2) is 40.8 Å². The molecule has 0 fully saturated rings. The Morgan fingerprint density at radius 2 is 2.06 bits per heavy atom. The van der Waals surface area contributed by atoms with Gasteiger partial charge in [0.2, 0.25) is 5.76 Å². The van der Waals surface area contributed by atoms with Crippen molar-refractivity contribution in [1.29, 1.82) is 0 Å². The van der Waals surface area contributed by atoms with Gasteiger partial charge in [0, 0.05) is 0 Å². The molecule has 1 N–H and O–H groups in total. The maximum atomic E-state index is 10.8. The molecular formula is C14H14O4. The van der Waals surface area contributed by atoms with Gasteiger partial charge in [-0.15, -0.1) is 0 Å². The molecule has 0 saturated carbocycles. The number of ether oxygens (including phenoxy) is 1. The molecule has 0 spiro atoms. The lowest BCUT2D eigenvalue weighted by Gasteiger charge is -2.08. The molecule has 0 aliphatic rings. The van der Waals surface area contributed by atoms with Gasteiger partial charge in [-0.2, -0.15) is 0 Å². The van der Waals surface area contributed by atoms with E-state index in [0.717, 1.165) is 12.0 Å². The van der Waals surface area contributed by atoms with E-state index in [2.05, 4.69) is 0 Å². The molecule has 4 heteroatoms. The molecule has 0 saturated heterocycles. The van der Waals surface area contributed by atoms with Gasteiger partial charge in [-0.3, -0.25) is 0 Å². The highest BCUT2D eigenvalue weighted by Crippen LogP contribution is 2.31. The summed E-state index contributed by atoms with van der Waals surface area (Å²) in [6.45, 7) is 2.64. The van der Waals surface area contributed by atoms with E-state index < -0.39 is 5.97 Å². The Morgan fingerprint density at radius 1 is 1.28 bits per heavy atom. The van der Waals surface area contributed by atoms with Crippen molar-refractivity contribution in [3.05, 3.63) is 42.2 Å². The van der Waals surface area contributed by atoms with E-state index in [1.807, 2.05) is 31.2 Å². The maximum absolute atomic E-state index is 10.8. The van der Waals surface area contributed by atoms with Gasteiger partial charge in [0.15, 0.2) is 0 Å². The number of aromatic carboxylic acids is 1. The number of carboxylic acid groups (broad SMARTS) is 1. The highest BCUT2D eigenvalue weighted by molar-refractivity contribution is 5.85. The normalized spacial score (nSPS) is 10.3. The average molecular weight is 246 g/mol. The third-order valence-electron chi connectivity index (χ3n) is 2.43. The van der Waals surface area contributed by atoms with Crippen molar-refractivity contribution in [1.82, 2.24) is 0 Å². The zero-order chi connectivity index (χ0) is 13.0. The van der Waals surface area contributed by atoms with Gasteiger partial charge in [-0.05, 0) is 30.7 Å². The van der Waals surface area contributed by atoms with Crippen LogP contribution in [0.1, 0.15) is 23.9 Å². The van der Waals surface area contributed by atoms with Gasteiger partial charge >= 0.3 is 5.97 Å². The Kier molecular flexibility index (Phi) is 3.67. The number of hydrogen-bond donors (Lipinski definition) is 1. The number of hydrogen-bond acceptors (Lipinski definition) is 3. The summed E-state index contributed by atoms with van der Waals surface area (Å²) in [5.74, 6) is 0.0493. The molecule has 0 amide bonds. The van der Waals surface area contributed by atoms with Crippen LogP contribution in [0.5, 0.6) is 5.75 Å². The summed E-state index contributed by atoms with van der Waals surface area (Å²) < 4.78 is 10.9. The largest absolute Gasteiger partial charge is 0.493 e. The van der Waals surface area contributed by atoms with Crippen LogP contribution in [-0.2, 0) is 0 Å². The minimum Gasteiger partial charge on any atom is -0.493 e. The standard InChI is InChI=1S/C14H14O4/c1-2-9-17-11-6-4-3-5-10(11)12-7-8-13(18-12)14(15)16/h3-8H,2,9H2,1H3,(H,15,16). The molecule has 94 valence electrons. The lowest BCUT2D eigenvalue weighted by Crippen LogP contribution is -1.96. The Hall–Kier alpha value is -2.23. The molecule has 1 aromatic heterocycles. The van der Waals surface area contributed by atoms with Crippen LogP contribution in [0.4, 0.5) is 0 Å². The van der Waals surface area contributed by atoms with E-state index in [4.69, 9.17) is 14.3 Å². The molecule has 2 rings (SSSR count). The van der Waals surface area contributed by atoms with Crippen molar-refractivity contribution in [2.75, 3.05) is 6.61 Å². The Morgan fingerprint density at radius 3 is 2.72 bits per heavy atom. The van der Waals surface area contributed by atoms with Crippen LogP contribution >= 0.6 is 0 Å². The molecule has 0 atom stereocenters. The molecular weight excluding hydrogens is 232 g/mol. The minimum absolute atomic E-state index is 0.0738. The van der Waals surface area contributed by atoms with Crippen LogP contribution < -0.4 is 4.74 Å². The number of furan rings is 1. The van der Waals surface area contributed by atoms with Gasteiger partial charge in [-0.1, -0.05) is 19.1 Å². The molecule has 2 aromatic rings. The first-order valence-corrected chi connectivity index (χ1v) is 5.77. The number of carboxylic acids is 1. The number of para-hydroxylation sites is 1. The second-order valence-corrected chi connectivity index (χ2v) is 3.81. The average Bonchev–Trinajstić information content (AvgIpc) is 2.86. The second-order valence-electron chi connectivity index (χ2n) is 3.81. The van der Waals surface area contributed by atoms with Crippen LogP contribution in [-0.4, -0.2) is 17.7 Å². The van der Waals surface area contributed by atoms with Gasteiger partial charge in [0.25, 0.3) is 0 Å². The van der Waals surface area contributed by atoms with Crippen LogP contribution in [0.25, 0.3) is 11.3 Å². The second kappa shape index (κ2) is 5.40. The fourth-order valence-electron chi connectivity index (χ4n) is 1.61. The highest BCUT2D eigenvalue weighted by Gasteiger charge is 2.13. The van der Waals surface area contributed by atoms with Crippen molar-refractivity contribution in [3.8, 4) is 17.1 Å². The van der Waals surface area contributed by atoms with Crippen LogP contribution in [0.2, 0.25) is 0 Å². The Labute approximate surface area is 105 Å². The molecule has 0 aliphatic carbocycles. The van der Waals surface area contributed by atoms with Gasteiger partial charge < -0.3 is 14.3 Å². The first-order chi connectivity index (χ1) is 8.72. The summed E-state index contributed by atoms with van der Waals surface area (Å²) in [4.78, 5) is 10.8. The van der Waals surface area contributed by atoms with Crippen molar-refractivity contribution in [2.45, 2.75) is 13.3 Å². The summed E-state index contributed by atoms with van der Waals surface area (Å²) in [6, 6.07) is 10.5. The summed E-state index contributed by atoms with van der Waals surface area (Å²) in [5, 5.41) is 8.83. The molecule has 1 aromatic carbocycles.